The lowest BCUT2D eigenvalue weighted by Gasteiger charge is -2.20. The Kier molecular flexibility index (Phi) is 5.71. The molecule has 1 aliphatic heterocycles. The summed E-state index contributed by atoms with van der Waals surface area (Å²) in [7, 11) is 0. The van der Waals surface area contributed by atoms with E-state index in [1.54, 1.807) is 19.9 Å². The number of carbonyl (C=O) groups is 1. The number of hydrogen-bond acceptors (Lipinski definition) is 6. The fraction of sp³-hybridized carbons (Fsp3) is 0.533. The second-order valence-electron chi connectivity index (χ2n) is 4.95. The maximum atomic E-state index is 12.0. The van der Waals surface area contributed by atoms with Gasteiger partial charge >= 0.3 is 5.97 Å². The predicted octanol–water partition coefficient (Wildman–Crippen LogP) is 1.49. The minimum absolute atomic E-state index is 0.111. The highest BCUT2D eigenvalue weighted by atomic mass is 16.8. The monoisotopic (exact) mass is 308 g/mol. The maximum absolute atomic E-state index is 12.0. The molecule has 0 radical (unpaired) electrons. The number of nitrogens with one attached hydrogen (secondary N) is 1. The highest BCUT2D eigenvalue weighted by Crippen LogP contribution is 2.14. The molecular weight excluding hydrogens is 288 g/mol. The lowest BCUT2D eigenvalue weighted by atomic mass is 10.1. The number of nitrogens with zero attached hydrogens (tertiary/aromatic N) is 1. The Balaban J connectivity index is 2.25. The molecule has 2 rings (SSSR count). The van der Waals surface area contributed by atoms with Gasteiger partial charge in [-0.1, -0.05) is 5.16 Å². The van der Waals surface area contributed by atoms with Gasteiger partial charge in [0, 0.05) is 12.1 Å². The molecule has 120 valence electrons. The molecule has 1 fully saturated rings. The third kappa shape index (κ3) is 4.17. The van der Waals surface area contributed by atoms with Crippen molar-refractivity contribution < 1.29 is 19.1 Å². The van der Waals surface area contributed by atoms with Gasteiger partial charge in [-0.25, -0.2) is 4.79 Å². The molecule has 1 N–H and O–H groups in total. The van der Waals surface area contributed by atoms with Crippen LogP contribution in [-0.2, 0) is 19.1 Å². The van der Waals surface area contributed by atoms with Crippen molar-refractivity contribution in [3.63, 3.8) is 0 Å². The average Bonchev–Trinajstić information content (AvgIpc) is 2.50. The molecule has 2 heterocycles. The Morgan fingerprint density at radius 3 is 2.91 bits per heavy atom. The predicted molar refractivity (Wildman–Crippen MR) is 79.6 cm³/mol. The maximum Gasteiger partial charge on any atom is 0.361 e. The molecule has 0 amide bonds. The number of carbonyl (C=O) groups excluding carboxylic acids is 1. The average molecular weight is 308 g/mol. The number of hydrogen-bond donors (Lipinski definition) is 1. The molecule has 7 nitrogen and oxygen atoms in total. The number of oxime groups is 1. The van der Waals surface area contributed by atoms with E-state index in [0.717, 1.165) is 12.8 Å². The zero-order valence-corrected chi connectivity index (χ0v) is 12.8. The highest BCUT2D eigenvalue weighted by Gasteiger charge is 2.22. The number of ether oxygens (including phenoxy) is 2. The van der Waals surface area contributed by atoms with Crippen LogP contribution >= 0.6 is 0 Å². The summed E-state index contributed by atoms with van der Waals surface area (Å²) in [5.74, 6) is -0.701. The first-order chi connectivity index (χ1) is 10.6. The van der Waals surface area contributed by atoms with Crippen LogP contribution in [-0.4, -0.2) is 36.2 Å². The van der Waals surface area contributed by atoms with Gasteiger partial charge in [0.1, 0.15) is 0 Å². The summed E-state index contributed by atoms with van der Waals surface area (Å²) in [6.45, 7) is 4.21. The first kappa shape index (κ1) is 16.2. The van der Waals surface area contributed by atoms with E-state index in [1.165, 1.54) is 6.07 Å². The normalized spacial score (nSPS) is 18.8. The summed E-state index contributed by atoms with van der Waals surface area (Å²) in [5.41, 5.74) is 0.227. The number of aromatic nitrogens is 1. The van der Waals surface area contributed by atoms with Gasteiger partial charge in [-0.2, -0.15) is 0 Å². The summed E-state index contributed by atoms with van der Waals surface area (Å²) < 4.78 is 10.3. The summed E-state index contributed by atoms with van der Waals surface area (Å²) in [6.07, 6.45) is 2.15. The molecule has 1 atom stereocenters. The van der Waals surface area contributed by atoms with E-state index in [2.05, 4.69) is 10.1 Å². The van der Waals surface area contributed by atoms with Gasteiger partial charge in [-0.3, -0.25) is 4.79 Å². The molecule has 0 bridgehead atoms. The van der Waals surface area contributed by atoms with Crippen molar-refractivity contribution in [1.29, 1.82) is 0 Å². The molecular formula is C15H20N2O5. The van der Waals surface area contributed by atoms with Gasteiger partial charge in [0.15, 0.2) is 5.71 Å². The van der Waals surface area contributed by atoms with Crippen LogP contribution in [0.5, 0.6) is 0 Å². The van der Waals surface area contributed by atoms with Gasteiger partial charge in [0.25, 0.3) is 5.56 Å². The van der Waals surface area contributed by atoms with Crippen molar-refractivity contribution in [3.8, 4) is 0 Å². The molecule has 0 spiro atoms. The Labute approximate surface area is 128 Å². The first-order valence-electron chi connectivity index (χ1n) is 7.34. The molecule has 1 aromatic heterocycles. The Morgan fingerprint density at radius 2 is 2.27 bits per heavy atom. The third-order valence-corrected chi connectivity index (χ3v) is 3.18. The van der Waals surface area contributed by atoms with Crippen molar-refractivity contribution >= 4 is 11.7 Å². The van der Waals surface area contributed by atoms with Crippen LogP contribution in [0.4, 0.5) is 0 Å². The standard InChI is InChI=1S/C15H20N2O5/c1-3-20-15(19)13(11-8-7-10(2)16-14(11)18)17-22-12-6-4-5-9-21-12/h7-8,12H,3-6,9H2,1-2H3,(H,16,18)/b17-13-. The summed E-state index contributed by atoms with van der Waals surface area (Å²) in [6, 6.07) is 3.21. The van der Waals surface area contributed by atoms with Crippen LogP contribution in [0, 0.1) is 6.92 Å². The SMILES string of the molecule is CCOC(=O)/C(=N\OC1CCCCO1)c1ccc(C)[nH]c1=O. The number of aryl methyl sites for hydroxylation is 1. The molecule has 7 heteroatoms. The molecule has 0 aliphatic carbocycles. The summed E-state index contributed by atoms with van der Waals surface area (Å²) >= 11 is 0. The van der Waals surface area contributed by atoms with Gasteiger partial charge in [-0.05, 0) is 38.8 Å². The van der Waals surface area contributed by atoms with Crippen molar-refractivity contribution in [2.45, 2.75) is 39.4 Å². The molecule has 0 aromatic carbocycles. The van der Waals surface area contributed by atoms with E-state index in [0.29, 0.717) is 18.7 Å². The van der Waals surface area contributed by atoms with Crippen molar-refractivity contribution in [1.82, 2.24) is 4.98 Å². The lowest BCUT2D eigenvalue weighted by Crippen LogP contribution is -2.28. The Hall–Kier alpha value is -2.15. The zero-order chi connectivity index (χ0) is 15.9. The molecule has 1 aromatic rings. The van der Waals surface area contributed by atoms with Gasteiger partial charge < -0.3 is 19.3 Å². The molecule has 1 unspecified atom stereocenters. The molecule has 1 aliphatic rings. The van der Waals surface area contributed by atoms with Gasteiger partial charge in [-0.15, -0.1) is 0 Å². The van der Waals surface area contributed by atoms with Crippen LogP contribution < -0.4 is 5.56 Å². The van der Waals surface area contributed by atoms with E-state index in [-0.39, 0.29) is 17.9 Å². The number of H-pyrrole nitrogens is 1. The quantitative estimate of drug-likeness (QED) is 0.505. The second-order valence-corrected chi connectivity index (χ2v) is 4.95. The Morgan fingerprint density at radius 1 is 1.45 bits per heavy atom. The molecule has 1 saturated heterocycles. The minimum Gasteiger partial charge on any atom is -0.461 e. The van der Waals surface area contributed by atoms with Crippen LogP contribution in [0.3, 0.4) is 0 Å². The fourth-order valence-electron chi connectivity index (χ4n) is 2.06. The third-order valence-electron chi connectivity index (χ3n) is 3.18. The second kappa shape index (κ2) is 7.74. The Bertz CT molecular complexity index is 602. The van der Waals surface area contributed by atoms with E-state index in [4.69, 9.17) is 14.3 Å². The van der Waals surface area contributed by atoms with Gasteiger partial charge in [0.05, 0.1) is 18.8 Å². The van der Waals surface area contributed by atoms with Crippen molar-refractivity contribution in [2.75, 3.05) is 13.2 Å². The van der Waals surface area contributed by atoms with Crippen molar-refractivity contribution in [2.24, 2.45) is 5.16 Å². The number of aromatic amines is 1. The number of rotatable bonds is 5. The van der Waals surface area contributed by atoms with Crippen LogP contribution in [0.1, 0.15) is 37.4 Å². The number of esters is 1. The number of pyridine rings is 1. The minimum atomic E-state index is -0.701. The first-order valence-corrected chi connectivity index (χ1v) is 7.34. The largest absolute Gasteiger partial charge is 0.461 e. The molecule has 22 heavy (non-hydrogen) atoms. The van der Waals surface area contributed by atoms with Crippen LogP contribution in [0.25, 0.3) is 0 Å². The topological polar surface area (TPSA) is 90.0 Å². The summed E-state index contributed by atoms with van der Waals surface area (Å²) in [5, 5.41) is 3.82. The highest BCUT2D eigenvalue weighted by molar-refractivity contribution is 6.43. The van der Waals surface area contributed by atoms with E-state index < -0.39 is 17.8 Å². The summed E-state index contributed by atoms with van der Waals surface area (Å²) in [4.78, 5) is 31.9. The van der Waals surface area contributed by atoms with Crippen LogP contribution in [0.2, 0.25) is 0 Å². The van der Waals surface area contributed by atoms with E-state index >= 15 is 0 Å². The van der Waals surface area contributed by atoms with E-state index in [1.807, 2.05) is 0 Å². The van der Waals surface area contributed by atoms with Crippen molar-refractivity contribution in [3.05, 3.63) is 33.7 Å². The lowest BCUT2D eigenvalue weighted by molar-refractivity contribution is -0.163. The molecule has 0 saturated carbocycles. The van der Waals surface area contributed by atoms with Gasteiger partial charge in [0.2, 0.25) is 6.29 Å². The smallest absolute Gasteiger partial charge is 0.361 e. The zero-order valence-electron chi connectivity index (χ0n) is 12.8. The van der Waals surface area contributed by atoms with Crippen LogP contribution in [0.15, 0.2) is 22.1 Å². The van der Waals surface area contributed by atoms with E-state index in [9.17, 15) is 9.59 Å². The fourth-order valence-corrected chi connectivity index (χ4v) is 2.06.